The van der Waals surface area contributed by atoms with E-state index in [1.54, 1.807) is 36.7 Å². The zero-order chi connectivity index (χ0) is 14.7. The van der Waals surface area contributed by atoms with E-state index in [-0.39, 0.29) is 11.7 Å². The molecule has 1 aliphatic heterocycles. The lowest BCUT2D eigenvalue weighted by atomic mass is 10.2. The summed E-state index contributed by atoms with van der Waals surface area (Å²) >= 11 is 0. The molecule has 4 nitrogen and oxygen atoms in total. The van der Waals surface area contributed by atoms with Gasteiger partial charge in [0.2, 0.25) is 0 Å². The van der Waals surface area contributed by atoms with Crippen LogP contribution in [0.5, 0.6) is 0 Å². The van der Waals surface area contributed by atoms with Crippen LogP contribution < -0.4 is 4.90 Å². The van der Waals surface area contributed by atoms with Gasteiger partial charge in [0.1, 0.15) is 5.82 Å². The molecule has 0 unspecified atom stereocenters. The molecule has 1 saturated heterocycles. The maximum Gasteiger partial charge on any atom is 0.255 e. The molecule has 0 N–H and O–H groups in total. The van der Waals surface area contributed by atoms with E-state index in [9.17, 15) is 9.18 Å². The van der Waals surface area contributed by atoms with E-state index in [1.807, 2.05) is 4.90 Å². The Morgan fingerprint density at radius 2 is 1.76 bits per heavy atom. The Morgan fingerprint density at radius 3 is 2.38 bits per heavy atom. The minimum Gasteiger partial charge on any atom is -0.368 e. The number of aromatic nitrogens is 1. The largest absolute Gasteiger partial charge is 0.368 e. The Balaban J connectivity index is 1.63. The number of rotatable bonds is 2. The van der Waals surface area contributed by atoms with Crippen molar-refractivity contribution in [1.29, 1.82) is 0 Å². The van der Waals surface area contributed by atoms with Crippen molar-refractivity contribution in [3.05, 3.63) is 60.2 Å². The Bertz CT molecular complexity index is 607. The number of hydrogen-bond donors (Lipinski definition) is 0. The first kappa shape index (κ1) is 13.5. The van der Waals surface area contributed by atoms with Crippen LogP contribution in [0.1, 0.15) is 10.4 Å². The molecule has 1 aromatic heterocycles. The number of halogens is 1. The summed E-state index contributed by atoms with van der Waals surface area (Å²) in [5.74, 6) is -0.217. The first-order valence-corrected chi connectivity index (χ1v) is 6.94. The van der Waals surface area contributed by atoms with Gasteiger partial charge in [0.15, 0.2) is 0 Å². The lowest BCUT2D eigenvalue weighted by Gasteiger charge is -2.36. The van der Waals surface area contributed by atoms with Gasteiger partial charge in [-0.05, 0) is 36.4 Å². The van der Waals surface area contributed by atoms with Gasteiger partial charge in [0, 0.05) is 44.3 Å². The standard InChI is InChI=1S/C16H16FN3O/c17-14-3-5-15(6-4-14)19-8-10-20(11-9-19)16(21)13-2-1-7-18-12-13/h1-7,12H,8-11H2. The Labute approximate surface area is 122 Å². The fourth-order valence-corrected chi connectivity index (χ4v) is 2.49. The van der Waals surface area contributed by atoms with Gasteiger partial charge in [-0.25, -0.2) is 4.39 Å². The second kappa shape index (κ2) is 5.91. The van der Waals surface area contributed by atoms with E-state index in [0.717, 1.165) is 18.8 Å². The van der Waals surface area contributed by atoms with Crippen molar-refractivity contribution in [2.45, 2.75) is 0 Å². The number of pyridine rings is 1. The predicted octanol–water partition coefficient (Wildman–Crippen LogP) is 2.18. The number of piperazine rings is 1. The van der Waals surface area contributed by atoms with Crippen LogP contribution in [0.25, 0.3) is 0 Å². The maximum absolute atomic E-state index is 12.9. The summed E-state index contributed by atoms with van der Waals surface area (Å²) in [4.78, 5) is 20.3. The van der Waals surface area contributed by atoms with E-state index in [4.69, 9.17) is 0 Å². The number of carbonyl (C=O) groups excluding carboxylic acids is 1. The Kier molecular flexibility index (Phi) is 3.81. The van der Waals surface area contributed by atoms with Gasteiger partial charge in [-0.3, -0.25) is 9.78 Å². The number of hydrogen-bond acceptors (Lipinski definition) is 3. The molecule has 21 heavy (non-hydrogen) atoms. The fourth-order valence-electron chi connectivity index (χ4n) is 2.49. The average molecular weight is 285 g/mol. The monoisotopic (exact) mass is 285 g/mol. The second-order valence-electron chi connectivity index (χ2n) is 5.00. The minimum atomic E-state index is -0.232. The first-order valence-electron chi connectivity index (χ1n) is 6.94. The van der Waals surface area contributed by atoms with Gasteiger partial charge < -0.3 is 9.80 Å². The van der Waals surface area contributed by atoms with Crippen LogP contribution >= 0.6 is 0 Å². The molecule has 1 aliphatic rings. The molecule has 5 heteroatoms. The zero-order valence-electron chi connectivity index (χ0n) is 11.6. The molecule has 0 atom stereocenters. The van der Waals surface area contributed by atoms with Crippen molar-refractivity contribution < 1.29 is 9.18 Å². The van der Waals surface area contributed by atoms with E-state index in [2.05, 4.69) is 9.88 Å². The molecule has 0 spiro atoms. The smallest absolute Gasteiger partial charge is 0.255 e. The van der Waals surface area contributed by atoms with Crippen molar-refractivity contribution in [3.63, 3.8) is 0 Å². The van der Waals surface area contributed by atoms with Crippen LogP contribution in [0, 0.1) is 5.82 Å². The number of anilines is 1. The molecule has 2 heterocycles. The molecular weight excluding hydrogens is 269 g/mol. The number of carbonyl (C=O) groups is 1. The summed E-state index contributed by atoms with van der Waals surface area (Å²) in [7, 11) is 0. The van der Waals surface area contributed by atoms with Crippen molar-refractivity contribution >= 4 is 11.6 Å². The Hall–Kier alpha value is -2.43. The normalized spacial score (nSPS) is 15.1. The summed E-state index contributed by atoms with van der Waals surface area (Å²) in [5.41, 5.74) is 1.61. The predicted molar refractivity (Wildman–Crippen MR) is 78.8 cm³/mol. The van der Waals surface area contributed by atoms with Gasteiger partial charge >= 0.3 is 0 Å². The number of nitrogens with zero attached hydrogens (tertiary/aromatic N) is 3. The van der Waals surface area contributed by atoms with Crippen LogP contribution in [0.15, 0.2) is 48.8 Å². The third-order valence-corrected chi connectivity index (χ3v) is 3.67. The molecule has 1 amide bonds. The number of amides is 1. The summed E-state index contributed by atoms with van der Waals surface area (Å²) in [6, 6.07) is 10.0. The molecular formula is C16H16FN3O. The topological polar surface area (TPSA) is 36.4 Å². The second-order valence-corrected chi connectivity index (χ2v) is 5.00. The van der Waals surface area contributed by atoms with Crippen LogP contribution in [0.4, 0.5) is 10.1 Å². The van der Waals surface area contributed by atoms with Crippen LogP contribution in [0.2, 0.25) is 0 Å². The molecule has 0 bridgehead atoms. The lowest BCUT2D eigenvalue weighted by Crippen LogP contribution is -2.48. The maximum atomic E-state index is 12.9. The van der Waals surface area contributed by atoms with Gasteiger partial charge in [0.05, 0.1) is 5.56 Å². The van der Waals surface area contributed by atoms with Gasteiger partial charge in [-0.15, -0.1) is 0 Å². The SMILES string of the molecule is O=C(c1cccnc1)N1CCN(c2ccc(F)cc2)CC1. The van der Waals surface area contributed by atoms with E-state index >= 15 is 0 Å². The van der Waals surface area contributed by atoms with Gasteiger partial charge in [-0.1, -0.05) is 0 Å². The fraction of sp³-hybridized carbons (Fsp3) is 0.250. The zero-order valence-corrected chi connectivity index (χ0v) is 11.6. The molecule has 2 aromatic rings. The lowest BCUT2D eigenvalue weighted by molar-refractivity contribution is 0.0746. The van der Waals surface area contributed by atoms with E-state index in [1.165, 1.54) is 12.1 Å². The number of benzene rings is 1. The van der Waals surface area contributed by atoms with Gasteiger partial charge in [0.25, 0.3) is 5.91 Å². The van der Waals surface area contributed by atoms with Crippen molar-refractivity contribution in [3.8, 4) is 0 Å². The van der Waals surface area contributed by atoms with Crippen molar-refractivity contribution in [2.75, 3.05) is 31.1 Å². The highest BCUT2D eigenvalue weighted by Crippen LogP contribution is 2.17. The summed E-state index contributed by atoms with van der Waals surface area (Å²) in [5, 5.41) is 0. The van der Waals surface area contributed by atoms with Crippen molar-refractivity contribution in [2.24, 2.45) is 0 Å². The Morgan fingerprint density at radius 1 is 1.05 bits per heavy atom. The molecule has 0 radical (unpaired) electrons. The summed E-state index contributed by atoms with van der Waals surface area (Å²) < 4.78 is 12.9. The van der Waals surface area contributed by atoms with Crippen molar-refractivity contribution in [1.82, 2.24) is 9.88 Å². The molecule has 0 aliphatic carbocycles. The summed E-state index contributed by atoms with van der Waals surface area (Å²) in [6.07, 6.45) is 3.25. The highest BCUT2D eigenvalue weighted by Gasteiger charge is 2.22. The molecule has 1 fully saturated rings. The highest BCUT2D eigenvalue weighted by molar-refractivity contribution is 5.94. The molecule has 3 rings (SSSR count). The van der Waals surface area contributed by atoms with E-state index in [0.29, 0.717) is 18.7 Å². The highest BCUT2D eigenvalue weighted by atomic mass is 19.1. The van der Waals surface area contributed by atoms with Crippen LogP contribution in [0.3, 0.4) is 0 Å². The quantitative estimate of drug-likeness (QED) is 0.848. The van der Waals surface area contributed by atoms with Crippen LogP contribution in [-0.4, -0.2) is 42.0 Å². The molecule has 1 aromatic carbocycles. The molecule has 0 saturated carbocycles. The third kappa shape index (κ3) is 3.02. The molecule has 108 valence electrons. The van der Waals surface area contributed by atoms with E-state index < -0.39 is 0 Å². The summed E-state index contributed by atoms with van der Waals surface area (Å²) in [6.45, 7) is 2.81. The average Bonchev–Trinajstić information content (AvgIpc) is 2.56. The van der Waals surface area contributed by atoms with Gasteiger partial charge in [-0.2, -0.15) is 0 Å². The van der Waals surface area contributed by atoms with Crippen LogP contribution in [-0.2, 0) is 0 Å². The third-order valence-electron chi connectivity index (χ3n) is 3.67. The first-order chi connectivity index (χ1) is 10.2. The minimum absolute atomic E-state index is 0.0156.